The van der Waals surface area contributed by atoms with E-state index in [2.05, 4.69) is 27.7 Å². The molecule has 0 saturated heterocycles. The molecule has 1 atom stereocenters. The van der Waals surface area contributed by atoms with Crippen LogP contribution >= 0.6 is 0 Å². The Kier molecular flexibility index (Phi) is 5.57. The average molecular weight is 158 g/mol. The Labute approximate surface area is 70.8 Å². The topological polar surface area (TPSA) is 20.2 Å². The Bertz CT molecular complexity index is 86.9. The summed E-state index contributed by atoms with van der Waals surface area (Å²) in [6, 6.07) is 0. The molecule has 0 aromatic rings. The molecule has 0 amide bonds. The number of hydrogen-bond donors (Lipinski definition) is 1. The lowest BCUT2D eigenvalue weighted by molar-refractivity contribution is 0.175. The quantitative estimate of drug-likeness (QED) is 0.652. The van der Waals surface area contributed by atoms with Crippen molar-refractivity contribution in [2.24, 2.45) is 17.8 Å². The Hall–Kier alpha value is -0.0400. The normalized spacial score (nSPS) is 14.5. The van der Waals surface area contributed by atoms with Gasteiger partial charge in [0.25, 0.3) is 0 Å². The summed E-state index contributed by atoms with van der Waals surface area (Å²) in [7, 11) is 0. The largest absolute Gasteiger partial charge is 0.396 e. The van der Waals surface area contributed by atoms with E-state index in [1.807, 2.05) is 0 Å². The van der Waals surface area contributed by atoms with E-state index < -0.39 is 0 Å². The second-order valence-corrected chi connectivity index (χ2v) is 4.16. The van der Waals surface area contributed by atoms with E-state index in [-0.39, 0.29) is 0 Å². The van der Waals surface area contributed by atoms with E-state index >= 15 is 0 Å². The monoisotopic (exact) mass is 158 g/mol. The lowest BCUT2D eigenvalue weighted by Crippen LogP contribution is -2.13. The molecule has 0 rings (SSSR count). The first kappa shape index (κ1) is 11.0. The Morgan fingerprint density at radius 2 is 1.55 bits per heavy atom. The second kappa shape index (κ2) is 5.59. The van der Waals surface area contributed by atoms with Crippen molar-refractivity contribution < 1.29 is 5.11 Å². The number of aliphatic hydroxyl groups excluding tert-OH is 1. The van der Waals surface area contributed by atoms with Crippen LogP contribution in [0.4, 0.5) is 0 Å². The summed E-state index contributed by atoms with van der Waals surface area (Å²) < 4.78 is 0. The van der Waals surface area contributed by atoms with Crippen molar-refractivity contribution in [2.45, 2.75) is 40.5 Å². The summed E-state index contributed by atoms with van der Waals surface area (Å²) >= 11 is 0. The van der Waals surface area contributed by atoms with E-state index in [9.17, 15) is 0 Å². The van der Waals surface area contributed by atoms with Crippen LogP contribution in [0.3, 0.4) is 0 Å². The van der Waals surface area contributed by atoms with E-state index in [1.54, 1.807) is 0 Å². The van der Waals surface area contributed by atoms with Crippen molar-refractivity contribution in [3.63, 3.8) is 0 Å². The molecule has 11 heavy (non-hydrogen) atoms. The van der Waals surface area contributed by atoms with Crippen molar-refractivity contribution in [1.82, 2.24) is 0 Å². The maximum absolute atomic E-state index is 9.01. The molecule has 0 aliphatic carbocycles. The smallest absolute Gasteiger partial charge is 0.0461 e. The highest BCUT2D eigenvalue weighted by Crippen LogP contribution is 2.18. The minimum absolute atomic E-state index is 0.352. The van der Waals surface area contributed by atoms with E-state index in [0.29, 0.717) is 18.4 Å². The summed E-state index contributed by atoms with van der Waals surface area (Å²) in [6.45, 7) is 9.18. The summed E-state index contributed by atoms with van der Waals surface area (Å²) in [6.07, 6.45) is 2.41. The highest BCUT2D eigenvalue weighted by atomic mass is 16.3. The maximum atomic E-state index is 9.01. The van der Waals surface area contributed by atoms with Gasteiger partial charge in [0.1, 0.15) is 0 Å². The highest BCUT2D eigenvalue weighted by molar-refractivity contribution is 4.62. The predicted molar refractivity (Wildman–Crippen MR) is 49.5 cm³/mol. The van der Waals surface area contributed by atoms with Crippen LogP contribution in [0.5, 0.6) is 0 Å². The van der Waals surface area contributed by atoms with E-state index in [0.717, 1.165) is 5.92 Å². The van der Waals surface area contributed by atoms with Crippen LogP contribution in [-0.2, 0) is 0 Å². The maximum Gasteiger partial charge on any atom is 0.0461 e. The van der Waals surface area contributed by atoms with Crippen LogP contribution in [0.15, 0.2) is 0 Å². The third-order valence-electron chi connectivity index (χ3n) is 2.29. The van der Waals surface area contributed by atoms with Gasteiger partial charge in [-0.15, -0.1) is 0 Å². The van der Waals surface area contributed by atoms with Gasteiger partial charge >= 0.3 is 0 Å². The van der Waals surface area contributed by atoms with E-state index in [4.69, 9.17) is 5.11 Å². The molecule has 68 valence electrons. The Morgan fingerprint density at radius 3 is 1.82 bits per heavy atom. The van der Waals surface area contributed by atoms with Crippen LogP contribution in [0.1, 0.15) is 40.5 Å². The minimum atomic E-state index is 0.352. The Balaban J connectivity index is 3.52. The standard InChI is InChI=1S/C10H22O/c1-8(2)5-6-10(7-11)9(3)4/h8-11H,5-7H2,1-4H3/t10-/m1/s1. The zero-order chi connectivity index (χ0) is 8.85. The fraction of sp³-hybridized carbons (Fsp3) is 1.00. The van der Waals surface area contributed by atoms with Gasteiger partial charge in [0.2, 0.25) is 0 Å². The highest BCUT2D eigenvalue weighted by Gasteiger charge is 2.11. The number of aliphatic hydroxyl groups is 1. The predicted octanol–water partition coefficient (Wildman–Crippen LogP) is 2.69. The van der Waals surface area contributed by atoms with Crippen molar-refractivity contribution in [3.05, 3.63) is 0 Å². The fourth-order valence-corrected chi connectivity index (χ4v) is 1.18. The molecule has 1 N–H and O–H groups in total. The van der Waals surface area contributed by atoms with Crippen molar-refractivity contribution in [2.75, 3.05) is 6.61 Å². The summed E-state index contributed by atoms with van der Waals surface area (Å²) in [4.78, 5) is 0. The van der Waals surface area contributed by atoms with Gasteiger partial charge in [-0.3, -0.25) is 0 Å². The van der Waals surface area contributed by atoms with Crippen molar-refractivity contribution in [1.29, 1.82) is 0 Å². The van der Waals surface area contributed by atoms with Crippen LogP contribution < -0.4 is 0 Å². The SMILES string of the molecule is CC(C)CC[C@H](CO)C(C)C. The molecule has 1 nitrogen and oxygen atoms in total. The molecule has 0 aliphatic rings. The Morgan fingerprint density at radius 1 is 1.00 bits per heavy atom. The van der Waals surface area contributed by atoms with E-state index in [1.165, 1.54) is 12.8 Å². The lowest BCUT2D eigenvalue weighted by atomic mass is 9.89. The molecule has 0 aliphatic heterocycles. The fourth-order valence-electron chi connectivity index (χ4n) is 1.18. The third-order valence-corrected chi connectivity index (χ3v) is 2.29. The van der Waals surface area contributed by atoms with Gasteiger partial charge in [0, 0.05) is 6.61 Å². The molecule has 0 unspecified atom stereocenters. The van der Waals surface area contributed by atoms with Gasteiger partial charge < -0.3 is 5.11 Å². The van der Waals surface area contributed by atoms with Crippen LogP contribution in [0.25, 0.3) is 0 Å². The molecule has 0 bridgehead atoms. The molecule has 0 fully saturated rings. The second-order valence-electron chi connectivity index (χ2n) is 4.16. The number of hydrogen-bond acceptors (Lipinski definition) is 1. The minimum Gasteiger partial charge on any atom is -0.396 e. The third kappa shape index (κ3) is 5.25. The molecular formula is C10H22O. The molecule has 0 spiro atoms. The lowest BCUT2D eigenvalue weighted by Gasteiger charge is -2.18. The number of rotatable bonds is 5. The van der Waals surface area contributed by atoms with Crippen LogP contribution in [0.2, 0.25) is 0 Å². The summed E-state index contributed by atoms with van der Waals surface area (Å²) in [5, 5.41) is 9.01. The van der Waals surface area contributed by atoms with Gasteiger partial charge in [-0.1, -0.05) is 34.1 Å². The zero-order valence-corrected chi connectivity index (χ0v) is 8.30. The summed E-state index contributed by atoms with van der Waals surface area (Å²) in [5.41, 5.74) is 0. The zero-order valence-electron chi connectivity index (χ0n) is 8.30. The molecule has 0 heterocycles. The van der Waals surface area contributed by atoms with Crippen LogP contribution in [-0.4, -0.2) is 11.7 Å². The van der Waals surface area contributed by atoms with Gasteiger partial charge in [-0.05, 0) is 24.2 Å². The average Bonchev–Trinajstić information content (AvgIpc) is 1.87. The molecule has 1 heteroatoms. The first-order valence-corrected chi connectivity index (χ1v) is 4.68. The molecule has 0 saturated carbocycles. The van der Waals surface area contributed by atoms with Gasteiger partial charge in [-0.25, -0.2) is 0 Å². The first-order chi connectivity index (χ1) is 5.07. The van der Waals surface area contributed by atoms with Crippen LogP contribution in [0, 0.1) is 17.8 Å². The molecular weight excluding hydrogens is 136 g/mol. The first-order valence-electron chi connectivity index (χ1n) is 4.68. The van der Waals surface area contributed by atoms with Crippen molar-refractivity contribution in [3.8, 4) is 0 Å². The van der Waals surface area contributed by atoms with Crippen molar-refractivity contribution >= 4 is 0 Å². The van der Waals surface area contributed by atoms with Gasteiger partial charge in [-0.2, -0.15) is 0 Å². The molecule has 0 aromatic heterocycles. The molecule has 0 aromatic carbocycles. The summed E-state index contributed by atoms with van der Waals surface area (Å²) in [5.74, 6) is 1.90. The molecule has 0 radical (unpaired) electrons. The van der Waals surface area contributed by atoms with Gasteiger partial charge in [0.15, 0.2) is 0 Å². The van der Waals surface area contributed by atoms with Gasteiger partial charge in [0.05, 0.1) is 0 Å².